The highest BCUT2D eigenvalue weighted by molar-refractivity contribution is 7.80. The molecule has 0 spiro atoms. The predicted octanol–water partition coefficient (Wildman–Crippen LogP) is 3.48. The van der Waals surface area contributed by atoms with Crippen molar-refractivity contribution < 1.29 is 4.74 Å². The first-order valence-corrected chi connectivity index (χ1v) is 6.77. The maximum absolute atomic E-state index is 5.76. The molecule has 1 aromatic carbocycles. The molecule has 96 valence electrons. The van der Waals surface area contributed by atoms with Crippen LogP contribution in [0.1, 0.15) is 19.8 Å². The summed E-state index contributed by atoms with van der Waals surface area (Å²) in [4.78, 5) is 2.08. The minimum atomic E-state index is 0.685. The zero-order chi connectivity index (χ0) is 12.7. The van der Waals surface area contributed by atoms with Gasteiger partial charge < -0.3 is 9.64 Å². The van der Waals surface area contributed by atoms with Gasteiger partial charge in [0.1, 0.15) is 5.75 Å². The lowest BCUT2D eigenvalue weighted by Crippen LogP contribution is -2.09. The Morgan fingerprint density at radius 2 is 2.06 bits per heavy atom. The summed E-state index contributed by atoms with van der Waals surface area (Å²) in [5.41, 5.74) is 1.17. The van der Waals surface area contributed by atoms with Gasteiger partial charge in [-0.15, -0.1) is 0 Å². The summed E-state index contributed by atoms with van der Waals surface area (Å²) in [6.07, 6.45) is 2.25. The molecule has 0 bridgehead atoms. The first kappa shape index (κ1) is 14.2. The van der Waals surface area contributed by atoms with Crippen molar-refractivity contribution in [3.63, 3.8) is 0 Å². The number of hydrogen-bond acceptors (Lipinski definition) is 3. The van der Waals surface area contributed by atoms with Crippen LogP contribution >= 0.6 is 12.6 Å². The van der Waals surface area contributed by atoms with E-state index < -0.39 is 0 Å². The van der Waals surface area contributed by atoms with Gasteiger partial charge in [0.25, 0.3) is 0 Å². The second-order valence-corrected chi connectivity index (χ2v) is 5.09. The zero-order valence-corrected chi connectivity index (χ0v) is 11.9. The number of hydrogen-bond donors (Lipinski definition) is 1. The Labute approximate surface area is 110 Å². The van der Waals surface area contributed by atoms with E-state index >= 15 is 0 Å². The Hall–Kier alpha value is -0.830. The molecule has 1 aromatic rings. The lowest BCUT2D eigenvalue weighted by atomic mass is 10.1. The Morgan fingerprint density at radius 3 is 2.71 bits per heavy atom. The van der Waals surface area contributed by atoms with Crippen molar-refractivity contribution in [3.8, 4) is 5.75 Å². The molecule has 0 aliphatic carbocycles. The molecule has 1 rings (SSSR count). The molecule has 0 amide bonds. The van der Waals surface area contributed by atoms with Crippen LogP contribution in [0, 0.1) is 5.92 Å². The summed E-state index contributed by atoms with van der Waals surface area (Å²) in [7, 11) is 4.07. The molecule has 0 saturated heterocycles. The Bertz CT molecular complexity index is 328. The smallest absolute Gasteiger partial charge is 0.121 e. The third-order valence-corrected chi connectivity index (χ3v) is 3.09. The van der Waals surface area contributed by atoms with E-state index in [-0.39, 0.29) is 0 Å². The number of ether oxygens (including phenoxy) is 1. The minimum Gasteiger partial charge on any atom is -0.494 e. The van der Waals surface area contributed by atoms with Crippen molar-refractivity contribution in [2.24, 2.45) is 5.92 Å². The lowest BCUT2D eigenvalue weighted by molar-refractivity contribution is 0.282. The van der Waals surface area contributed by atoms with Crippen molar-refractivity contribution in [1.29, 1.82) is 0 Å². The molecule has 1 unspecified atom stereocenters. The summed E-state index contributed by atoms with van der Waals surface area (Å²) in [5, 5.41) is 0. The van der Waals surface area contributed by atoms with Gasteiger partial charge in [-0.3, -0.25) is 0 Å². The molecule has 0 saturated carbocycles. The molecule has 0 N–H and O–H groups in total. The Morgan fingerprint density at radius 1 is 1.29 bits per heavy atom. The average molecular weight is 253 g/mol. The molecular formula is C14H23NOS. The van der Waals surface area contributed by atoms with Crippen LogP contribution in [0.15, 0.2) is 24.3 Å². The van der Waals surface area contributed by atoms with Gasteiger partial charge >= 0.3 is 0 Å². The first-order valence-electron chi connectivity index (χ1n) is 6.14. The van der Waals surface area contributed by atoms with Crippen LogP contribution in [0.3, 0.4) is 0 Å². The molecule has 0 radical (unpaired) electrons. The van der Waals surface area contributed by atoms with Crippen molar-refractivity contribution in [2.75, 3.05) is 31.4 Å². The number of thiol groups is 1. The SMILES string of the molecule is CC(CCS)CCOc1cccc(N(C)C)c1. The van der Waals surface area contributed by atoms with Gasteiger partial charge in [-0.2, -0.15) is 12.6 Å². The molecule has 0 aromatic heterocycles. The largest absolute Gasteiger partial charge is 0.494 e. The predicted molar refractivity (Wildman–Crippen MR) is 78.5 cm³/mol. The van der Waals surface area contributed by atoms with Gasteiger partial charge in [0, 0.05) is 25.8 Å². The monoisotopic (exact) mass is 253 g/mol. The van der Waals surface area contributed by atoms with Crippen LogP contribution in [0.25, 0.3) is 0 Å². The van der Waals surface area contributed by atoms with Gasteiger partial charge in [-0.05, 0) is 36.6 Å². The second-order valence-electron chi connectivity index (χ2n) is 4.65. The summed E-state index contributed by atoms with van der Waals surface area (Å²) in [6, 6.07) is 8.19. The van der Waals surface area contributed by atoms with Crippen molar-refractivity contribution >= 4 is 18.3 Å². The summed E-state index contributed by atoms with van der Waals surface area (Å²) in [5.74, 6) is 2.59. The third kappa shape index (κ3) is 5.35. The fourth-order valence-corrected chi connectivity index (χ4v) is 2.03. The van der Waals surface area contributed by atoms with E-state index in [1.54, 1.807) is 0 Å². The Kier molecular flexibility index (Phi) is 6.27. The van der Waals surface area contributed by atoms with Crippen molar-refractivity contribution in [3.05, 3.63) is 24.3 Å². The number of benzene rings is 1. The summed E-state index contributed by atoms with van der Waals surface area (Å²) < 4.78 is 5.76. The molecule has 0 aliphatic heterocycles. The molecule has 3 heteroatoms. The van der Waals surface area contributed by atoms with Gasteiger partial charge in [0.2, 0.25) is 0 Å². The molecule has 2 nitrogen and oxygen atoms in total. The maximum atomic E-state index is 5.76. The average Bonchev–Trinajstić information content (AvgIpc) is 2.30. The third-order valence-electron chi connectivity index (χ3n) is 2.84. The van der Waals surface area contributed by atoms with Crippen LogP contribution in [-0.4, -0.2) is 26.5 Å². The fraction of sp³-hybridized carbons (Fsp3) is 0.571. The molecule has 1 atom stereocenters. The van der Waals surface area contributed by atoms with Crippen LogP contribution in [-0.2, 0) is 0 Å². The summed E-state index contributed by atoms with van der Waals surface area (Å²) >= 11 is 4.24. The fourth-order valence-electron chi connectivity index (χ4n) is 1.59. The summed E-state index contributed by atoms with van der Waals surface area (Å²) in [6.45, 7) is 3.03. The normalized spacial score (nSPS) is 12.2. The Balaban J connectivity index is 2.38. The van der Waals surface area contributed by atoms with E-state index in [4.69, 9.17) is 4.74 Å². The van der Waals surface area contributed by atoms with Gasteiger partial charge in [0.05, 0.1) is 6.61 Å². The van der Waals surface area contributed by atoms with Crippen molar-refractivity contribution in [1.82, 2.24) is 0 Å². The highest BCUT2D eigenvalue weighted by Crippen LogP contribution is 2.20. The van der Waals surface area contributed by atoms with E-state index in [2.05, 4.69) is 36.6 Å². The van der Waals surface area contributed by atoms with Crippen LogP contribution in [0.5, 0.6) is 5.75 Å². The zero-order valence-electron chi connectivity index (χ0n) is 11.0. The first-order chi connectivity index (χ1) is 8.13. The highest BCUT2D eigenvalue weighted by Gasteiger charge is 2.02. The molecule has 17 heavy (non-hydrogen) atoms. The van der Waals surface area contributed by atoms with E-state index in [1.807, 2.05) is 26.2 Å². The van der Waals surface area contributed by atoms with E-state index in [0.717, 1.165) is 31.0 Å². The molecule has 0 heterocycles. The minimum absolute atomic E-state index is 0.685. The van der Waals surface area contributed by atoms with Gasteiger partial charge in [-0.1, -0.05) is 13.0 Å². The molecule has 0 aliphatic rings. The van der Waals surface area contributed by atoms with E-state index in [0.29, 0.717) is 5.92 Å². The lowest BCUT2D eigenvalue weighted by Gasteiger charge is -2.15. The number of nitrogens with zero attached hydrogens (tertiary/aromatic N) is 1. The van der Waals surface area contributed by atoms with Crippen LogP contribution in [0.4, 0.5) is 5.69 Å². The molecule has 0 fully saturated rings. The van der Waals surface area contributed by atoms with Gasteiger partial charge in [0.15, 0.2) is 0 Å². The van der Waals surface area contributed by atoms with E-state index in [9.17, 15) is 0 Å². The van der Waals surface area contributed by atoms with Crippen LogP contribution < -0.4 is 9.64 Å². The van der Waals surface area contributed by atoms with E-state index in [1.165, 1.54) is 5.69 Å². The van der Waals surface area contributed by atoms with Crippen LogP contribution in [0.2, 0.25) is 0 Å². The molecular weight excluding hydrogens is 230 g/mol. The number of anilines is 1. The number of rotatable bonds is 7. The second kappa shape index (κ2) is 7.49. The van der Waals surface area contributed by atoms with Crippen molar-refractivity contribution in [2.45, 2.75) is 19.8 Å². The van der Waals surface area contributed by atoms with Gasteiger partial charge in [-0.25, -0.2) is 0 Å². The highest BCUT2D eigenvalue weighted by atomic mass is 32.1. The standard InChI is InChI=1S/C14H23NOS/c1-12(8-10-17)7-9-16-14-6-4-5-13(11-14)15(2)3/h4-6,11-12,17H,7-10H2,1-3H3. The topological polar surface area (TPSA) is 12.5 Å². The maximum Gasteiger partial charge on any atom is 0.121 e. The quantitative estimate of drug-likeness (QED) is 0.747.